The number of hydrogen-bond donors (Lipinski definition) is 1. The summed E-state index contributed by atoms with van der Waals surface area (Å²) in [4.78, 5) is 0. The summed E-state index contributed by atoms with van der Waals surface area (Å²) >= 11 is 2.15. The Morgan fingerprint density at radius 3 is 2.60 bits per heavy atom. The van der Waals surface area contributed by atoms with Crippen molar-refractivity contribution in [1.82, 2.24) is 5.32 Å². The van der Waals surface area contributed by atoms with Gasteiger partial charge in [-0.25, -0.2) is 0 Å². The minimum Gasteiger partial charge on any atom is -0.312 e. The molecule has 0 radical (unpaired) electrons. The molecule has 1 aliphatic carbocycles. The van der Waals surface area contributed by atoms with E-state index in [1.165, 1.54) is 47.8 Å². The van der Waals surface area contributed by atoms with Crippen LogP contribution in [0, 0.1) is 0 Å². The van der Waals surface area contributed by atoms with Gasteiger partial charge in [0.1, 0.15) is 0 Å². The highest BCUT2D eigenvalue weighted by Gasteiger charge is 2.18. The second-order valence-electron chi connectivity index (χ2n) is 5.69. The highest BCUT2D eigenvalue weighted by Crippen LogP contribution is 2.32. The van der Waals surface area contributed by atoms with Gasteiger partial charge in [-0.2, -0.15) is 11.8 Å². The standard InChI is InChI=1S/C18H23NS/c1-19-18(13-20-17-8-4-5-9-17)16-11-10-14-6-2-3-7-15(14)12-16/h2-3,6-7,10-12,17-19H,4-5,8-9,13H2,1H3. The van der Waals surface area contributed by atoms with Crippen molar-refractivity contribution in [3.63, 3.8) is 0 Å². The monoisotopic (exact) mass is 285 g/mol. The average molecular weight is 285 g/mol. The van der Waals surface area contributed by atoms with Crippen molar-refractivity contribution < 1.29 is 0 Å². The van der Waals surface area contributed by atoms with Crippen LogP contribution in [0.1, 0.15) is 37.3 Å². The Morgan fingerprint density at radius 2 is 1.85 bits per heavy atom. The molecule has 0 bridgehead atoms. The molecule has 3 rings (SSSR count). The molecule has 0 aliphatic heterocycles. The zero-order valence-electron chi connectivity index (χ0n) is 12.1. The third kappa shape index (κ3) is 3.18. The summed E-state index contributed by atoms with van der Waals surface area (Å²) in [6.07, 6.45) is 5.69. The zero-order valence-corrected chi connectivity index (χ0v) is 13.0. The lowest BCUT2D eigenvalue weighted by atomic mass is 10.0. The van der Waals surface area contributed by atoms with Crippen molar-refractivity contribution in [3.8, 4) is 0 Å². The molecule has 2 aromatic carbocycles. The van der Waals surface area contributed by atoms with E-state index in [9.17, 15) is 0 Å². The van der Waals surface area contributed by atoms with Gasteiger partial charge in [-0.15, -0.1) is 0 Å². The Bertz CT molecular complexity index is 560. The van der Waals surface area contributed by atoms with Crippen LogP contribution in [0.4, 0.5) is 0 Å². The molecule has 2 aromatic rings. The van der Waals surface area contributed by atoms with Crippen LogP contribution in [0.15, 0.2) is 42.5 Å². The first kappa shape index (κ1) is 14.0. The quantitative estimate of drug-likeness (QED) is 0.848. The molecule has 1 saturated carbocycles. The second-order valence-corrected chi connectivity index (χ2v) is 7.02. The minimum atomic E-state index is 0.463. The molecule has 106 valence electrons. The fraction of sp³-hybridized carbons (Fsp3) is 0.444. The fourth-order valence-corrected chi connectivity index (χ4v) is 4.55. The van der Waals surface area contributed by atoms with E-state index >= 15 is 0 Å². The first-order chi connectivity index (χ1) is 9.86. The molecule has 1 atom stereocenters. The lowest BCUT2D eigenvalue weighted by Crippen LogP contribution is -2.19. The van der Waals surface area contributed by atoms with E-state index in [2.05, 4.69) is 66.6 Å². The molecular weight excluding hydrogens is 262 g/mol. The average Bonchev–Trinajstić information content (AvgIpc) is 3.01. The molecule has 0 aromatic heterocycles. The summed E-state index contributed by atoms with van der Waals surface area (Å²) in [5.74, 6) is 1.18. The maximum Gasteiger partial charge on any atom is 0.0409 e. The normalized spacial score (nSPS) is 17.6. The minimum absolute atomic E-state index is 0.463. The van der Waals surface area contributed by atoms with Gasteiger partial charge in [0.05, 0.1) is 0 Å². The van der Waals surface area contributed by atoms with Crippen LogP contribution in [0.2, 0.25) is 0 Å². The lowest BCUT2D eigenvalue weighted by molar-refractivity contribution is 0.660. The van der Waals surface area contributed by atoms with Gasteiger partial charge < -0.3 is 5.32 Å². The predicted molar refractivity (Wildman–Crippen MR) is 90.5 cm³/mol. The van der Waals surface area contributed by atoms with Gasteiger partial charge in [0.15, 0.2) is 0 Å². The summed E-state index contributed by atoms with van der Waals surface area (Å²) in [7, 11) is 2.08. The number of fused-ring (bicyclic) bond motifs is 1. The van der Waals surface area contributed by atoms with Crippen LogP contribution >= 0.6 is 11.8 Å². The van der Waals surface area contributed by atoms with E-state index in [1.54, 1.807) is 0 Å². The van der Waals surface area contributed by atoms with Crippen molar-refractivity contribution in [3.05, 3.63) is 48.0 Å². The van der Waals surface area contributed by atoms with E-state index in [0.717, 1.165) is 5.25 Å². The number of benzene rings is 2. The number of thioether (sulfide) groups is 1. The molecule has 0 amide bonds. The molecule has 1 fully saturated rings. The van der Waals surface area contributed by atoms with E-state index in [1.807, 2.05) is 0 Å². The van der Waals surface area contributed by atoms with Crippen LogP contribution in [-0.4, -0.2) is 18.1 Å². The maximum atomic E-state index is 3.49. The summed E-state index contributed by atoms with van der Waals surface area (Å²) in [6, 6.07) is 15.9. The van der Waals surface area contributed by atoms with Crippen LogP contribution in [-0.2, 0) is 0 Å². The number of rotatable bonds is 5. The fourth-order valence-electron chi connectivity index (χ4n) is 3.06. The van der Waals surface area contributed by atoms with Crippen molar-refractivity contribution in [2.75, 3.05) is 12.8 Å². The molecule has 1 aliphatic rings. The summed E-state index contributed by atoms with van der Waals surface area (Å²) in [5.41, 5.74) is 1.41. The maximum absolute atomic E-state index is 3.49. The zero-order chi connectivity index (χ0) is 13.8. The molecule has 20 heavy (non-hydrogen) atoms. The summed E-state index contributed by atoms with van der Waals surface area (Å²) in [6.45, 7) is 0. The van der Waals surface area contributed by atoms with Gasteiger partial charge in [0.2, 0.25) is 0 Å². The smallest absolute Gasteiger partial charge is 0.0409 e. The highest BCUT2D eigenvalue weighted by atomic mass is 32.2. The first-order valence-corrected chi connectivity index (χ1v) is 8.69. The summed E-state index contributed by atoms with van der Waals surface area (Å²) < 4.78 is 0. The molecule has 1 nitrogen and oxygen atoms in total. The molecular formula is C18H23NS. The highest BCUT2D eigenvalue weighted by molar-refractivity contribution is 7.99. The van der Waals surface area contributed by atoms with Gasteiger partial charge in [-0.3, -0.25) is 0 Å². The Morgan fingerprint density at radius 1 is 1.10 bits per heavy atom. The van der Waals surface area contributed by atoms with Crippen molar-refractivity contribution in [2.24, 2.45) is 0 Å². The molecule has 0 heterocycles. The Labute approximate surface area is 126 Å². The van der Waals surface area contributed by atoms with Gasteiger partial charge in [0.25, 0.3) is 0 Å². The van der Waals surface area contributed by atoms with E-state index < -0.39 is 0 Å². The molecule has 2 heteroatoms. The number of hydrogen-bond acceptors (Lipinski definition) is 2. The molecule has 1 N–H and O–H groups in total. The van der Waals surface area contributed by atoms with Crippen LogP contribution < -0.4 is 5.32 Å². The molecule has 0 saturated heterocycles. The molecule has 1 unspecified atom stereocenters. The Balaban J connectivity index is 1.72. The van der Waals surface area contributed by atoms with Gasteiger partial charge in [-0.1, -0.05) is 49.2 Å². The van der Waals surface area contributed by atoms with Crippen molar-refractivity contribution >= 4 is 22.5 Å². The van der Waals surface area contributed by atoms with Crippen LogP contribution in [0.25, 0.3) is 10.8 Å². The van der Waals surface area contributed by atoms with Crippen molar-refractivity contribution in [1.29, 1.82) is 0 Å². The second kappa shape index (κ2) is 6.64. The Hall–Kier alpha value is -0.990. The SMILES string of the molecule is CNC(CSC1CCCC1)c1ccc2ccccc2c1. The van der Waals surface area contributed by atoms with E-state index in [0.29, 0.717) is 6.04 Å². The van der Waals surface area contributed by atoms with Gasteiger partial charge in [-0.05, 0) is 42.3 Å². The Kier molecular flexibility index (Phi) is 4.64. The van der Waals surface area contributed by atoms with E-state index in [4.69, 9.17) is 0 Å². The third-order valence-corrected chi connectivity index (χ3v) is 5.79. The summed E-state index contributed by atoms with van der Waals surface area (Å²) in [5, 5.41) is 7.05. The number of nitrogens with one attached hydrogen (secondary N) is 1. The van der Waals surface area contributed by atoms with Crippen molar-refractivity contribution in [2.45, 2.75) is 37.0 Å². The van der Waals surface area contributed by atoms with Gasteiger partial charge >= 0.3 is 0 Å². The largest absolute Gasteiger partial charge is 0.312 e. The van der Waals surface area contributed by atoms with Crippen LogP contribution in [0.5, 0.6) is 0 Å². The third-order valence-electron chi connectivity index (χ3n) is 4.33. The van der Waals surface area contributed by atoms with Crippen LogP contribution in [0.3, 0.4) is 0 Å². The topological polar surface area (TPSA) is 12.0 Å². The lowest BCUT2D eigenvalue weighted by Gasteiger charge is -2.19. The molecule has 0 spiro atoms. The first-order valence-electron chi connectivity index (χ1n) is 7.64. The predicted octanol–water partition coefficient (Wildman–Crippen LogP) is 4.78. The van der Waals surface area contributed by atoms with Gasteiger partial charge in [0, 0.05) is 17.0 Å². The van der Waals surface area contributed by atoms with E-state index in [-0.39, 0.29) is 0 Å².